The lowest BCUT2D eigenvalue weighted by Crippen LogP contribution is -2.18. The Morgan fingerprint density at radius 1 is 1.25 bits per heavy atom. The van der Waals surface area contributed by atoms with Crippen LogP contribution in [0.4, 0.5) is 4.39 Å². The molecule has 1 unspecified atom stereocenters. The molecule has 1 heterocycles. The number of benzene rings is 1. The minimum atomic E-state index is -0.288. The molecule has 106 valence electrons. The Bertz CT molecular complexity index is 545. The van der Waals surface area contributed by atoms with E-state index in [1.165, 1.54) is 12.7 Å². The van der Waals surface area contributed by atoms with E-state index in [-0.39, 0.29) is 17.6 Å². The second-order valence-corrected chi connectivity index (χ2v) is 4.60. The molecule has 2 rings (SSSR count). The molecule has 0 aliphatic rings. The van der Waals surface area contributed by atoms with E-state index in [2.05, 4.69) is 10.3 Å². The maximum absolute atomic E-state index is 14.3. The van der Waals surface area contributed by atoms with Gasteiger partial charge in [0.1, 0.15) is 0 Å². The van der Waals surface area contributed by atoms with Gasteiger partial charge in [-0.25, -0.2) is 4.39 Å². The summed E-state index contributed by atoms with van der Waals surface area (Å²) in [5.74, 6) is -0.00394. The van der Waals surface area contributed by atoms with Crippen molar-refractivity contribution in [2.24, 2.45) is 0 Å². The van der Waals surface area contributed by atoms with Crippen molar-refractivity contribution < 1.29 is 9.13 Å². The standard InChI is InChI=1S/C16H19FN2O/c1-18-14(7-6-12-8-10-19-11-9-12)13-4-3-5-15(20-2)16(13)17/h3-5,8-11,14,18H,6-7H2,1-2H3. The van der Waals surface area contributed by atoms with Gasteiger partial charge in [0.15, 0.2) is 11.6 Å². The van der Waals surface area contributed by atoms with Crippen LogP contribution in [0.25, 0.3) is 0 Å². The Morgan fingerprint density at radius 2 is 2.00 bits per heavy atom. The number of halogens is 1. The normalized spacial score (nSPS) is 12.2. The van der Waals surface area contributed by atoms with Crippen molar-refractivity contribution in [2.75, 3.05) is 14.2 Å². The molecule has 1 aromatic heterocycles. The molecular formula is C16H19FN2O. The quantitative estimate of drug-likeness (QED) is 0.878. The second-order valence-electron chi connectivity index (χ2n) is 4.60. The van der Waals surface area contributed by atoms with Gasteiger partial charge in [-0.15, -0.1) is 0 Å². The summed E-state index contributed by atoms with van der Waals surface area (Å²) in [4.78, 5) is 4.00. The van der Waals surface area contributed by atoms with Crippen molar-refractivity contribution in [1.29, 1.82) is 0 Å². The maximum Gasteiger partial charge on any atom is 0.169 e. The molecule has 0 spiro atoms. The fourth-order valence-corrected chi connectivity index (χ4v) is 2.27. The van der Waals surface area contributed by atoms with E-state index < -0.39 is 0 Å². The SMILES string of the molecule is CNC(CCc1ccncc1)c1cccc(OC)c1F. The number of rotatable bonds is 6. The van der Waals surface area contributed by atoms with E-state index in [1.54, 1.807) is 24.5 Å². The second kappa shape index (κ2) is 7.01. The maximum atomic E-state index is 14.3. The van der Waals surface area contributed by atoms with Gasteiger partial charge in [0.25, 0.3) is 0 Å². The summed E-state index contributed by atoms with van der Waals surface area (Å²) in [6, 6.07) is 9.16. The Labute approximate surface area is 118 Å². The number of nitrogens with zero attached hydrogens (tertiary/aromatic N) is 1. The van der Waals surface area contributed by atoms with E-state index in [4.69, 9.17) is 4.74 Å². The molecule has 1 N–H and O–H groups in total. The van der Waals surface area contributed by atoms with Crippen LogP contribution in [-0.2, 0) is 6.42 Å². The first kappa shape index (κ1) is 14.5. The molecule has 0 bridgehead atoms. The summed E-state index contributed by atoms with van der Waals surface area (Å²) in [5, 5.41) is 3.17. The molecule has 1 atom stereocenters. The van der Waals surface area contributed by atoms with Crippen LogP contribution in [0.5, 0.6) is 5.75 Å². The minimum Gasteiger partial charge on any atom is -0.494 e. The molecule has 0 aliphatic heterocycles. The highest BCUT2D eigenvalue weighted by atomic mass is 19.1. The highest BCUT2D eigenvalue weighted by molar-refractivity contribution is 5.33. The zero-order valence-electron chi connectivity index (χ0n) is 11.8. The van der Waals surface area contributed by atoms with E-state index in [0.29, 0.717) is 5.56 Å². The molecule has 3 nitrogen and oxygen atoms in total. The highest BCUT2D eigenvalue weighted by Gasteiger charge is 2.16. The van der Waals surface area contributed by atoms with E-state index in [1.807, 2.05) is 25.2 Å². The predicted molar refractivity (Wildman–Crippen MR) is 77.3 cm³/mol. The first-order valence-electron chi connectivity index (χ1n) is 6.64. The summed E-state index contributed by atoms with van der Waals surface area (Å²) in [7, 11) is 3.32. The Morgan fingerprint density at radius 3 is 2.65 bits per heavy atom. The topological polar surface area (TPSA) is 34.2 Å². The monoisotopic (exact) mass is 274 g/mol. The number of hydrogen-bond acceptors (Lipinski definition) is 3. The average Bonchev–Trinajstić information content (AvgIpc) is 2.50. The van der Waals surface area contributed by atoms with Gasteiger partial charge < -0.3 is 10.1 Å². The number of aromatic nitrogens is 1. The van der Waals surface area contributed by atoms with Gasteiger partial charge in [0, 0.05) is 24.0 Å². The smallest absolute Gasteiger partial charge is 0.169 e. The number of ether oxygens (including phenoxy) is 1. The molecule has 0 radical (unpaired) electrons. The van der Waals surface area contributed by atoms with Crippen LogP contribution >= 0.6 is 0 Å². The van der Waals surface area contributed by atoms with Gasteiger partial charge >= 0.3 is 0 Å². The van der Waals surface area contributed by atoms with Crippen LogP contribution in [0.3, 0.4) is 0 Å². The van der Waals surface area contributed by atoms with Crippen molar-refractivity contribution in [3.63, 3.8) is 0 Å². The molecule has 0 aliphatic carbocycles. The lowest BCUT2D eigenvalue weighted by atomic mass is 9.99. The van der Waals surface area contributed by atoms with E-state index in [0.717, 1.165) is 12.8 Å². The third kappa shape index (κ3) is 3.33. The number of aryl methyl sites for hydroxylation is 1. The lowest BCUT2D eigenvalue weighted by Gasteiger charge is -2.18. The zero-order chi connectivity index (χ0) is 14.4. The first-order chi connectivity index (χ1) is 9.76. The van der Waals surface area contributed by atoms with Crippen LogP contribution in [0, 0.1) is 5.82 Å². The molecule has 4 heteroatoms. The van der Waals surface area contributed by atoms with Gasteiger partial charge in [-0.3, -0.25) is 4.98 Å². The Hall–Kier alpha value is -1.94. The summed E-state index contributed by atoms with van der Waals surface area (Å²) in [6.45, 7) is 0. The van der Waals surface area contributed by atoms with Gasteiger partial charge in [-0.1, -0.05) is 12.1 Å². The molecule has 20 heavy (non-hydrogen) atoms. The average molecular weight is 274 g/mol. The van der Waals surface area contributed by atoms with Gasteiger partial charge in [-0.2, -0.15) is 0 Å². The predicted octanol–water partition coefficient (Wildman–Crippen LogP) is 3.12. The Balaban J connectivity index is 2.12. The third-order valence-corrected chi connectivity index (χ3v) is 3.41. The van der Waals surface area contributed by atoms with Crippen LogP contribution < -0.4 is 10.1 Å². The van der Waals surface area contributed by atoms with Crippen molar-refractivity contribution in [3.8, 4) is 5.75 Å². The van der Waals surface area contributed by atoms with Crippen molar-refractivity contribution >= 4 is 0 Å². The van der Waals surface area contributed by atoms with Crippen LogP contribution in [0.1, 0.15) is 23.6 Å². The highest BCUT2D eigenvalue weighted by Crippen LogP contribution is 2.27. The number of nitrogens with one attached hydrogen (secondary N) is 1. The van der Waals surface area contributed by atoms with Crippen molar-refractivity contribution in [2.45, 2.75) is 18.9 Å². The molecule has 0 saturated carbocycles. The number of hydrogen-bond donors (Lipinski definition) is 1. The largest absolute Gasteiger partial charge is 0.494 e. The fraction of sp³-hybridized carbons (Fsp3) is 0.312. The van der Waals surface area contributed by atoms with Crippen molar-refractivity contribution in [3.05, 3.63) is 59.7 Å². The van der Waals surface area contributed by atoms with Crippen molar-refractivity contribution in [1.82, 2.24) is 10.3 Å². The number of pyridine rings is 1. The number of methoxy groups -OCH3 is 1. The first-order valence-corrected chi connectivity index (χ1v) is 6.64. The minimum absolute atomic E-state index is 0.0433. The molecular weight excluding hydrogens is 255 g/mol. The Kier molecular flexibility index (Phi) is 5.07. The summed E-state index contributed by atoms with van der Waals surface area (Å²) in [5.41, 5.74) is 1.84. The zero-order valence-corrected chi connectivity index (χ0v) is 11.8. The lowest BCUT2D eigenvalue weighted by molar-refractivity contribution is 0.379. The van der Waals surface area contributed by atoms with Gasteiger partial charge in [0.2, 0.25) is 0 Å². The van der Waals surface area contributed by atoms with Crippen LogP contribution in [0.15, 0.2) is 42.7 Å². The van der Waals surface area contributed by atoms with Gasteiger partial charge in [0.05, 0.1) is 7.11 Å². The molecule has 2 aromatic rings. The molecule has 0 saturated heterocycles. The summed E-state index contributed by atoms with van der Waals surface area (Å²) < 4.78 is 19.3. The summed E-state index contributed by atoms with van der Waals surface area (Å²) in [6.07, 6.45) is 5.22. The fourth-order valence-electron chi connectivity index (χ4n) is 2.27. The molecule has 0 fully saturated rings. The van der Waals surface area contributed by atoms with Gasteiger partial charge in [-0.05, 0) is 43.7 Å². The molecule has 1 aromatic carbocycles. The van der Waals surface area contributed by atoms with Crippen LogP contribution in [-0.4, -0.2) is 19.1 Å². The van der Waals surface area contributed by atoms with E-state index in [9.17, 15) is 4.39 Å². The summed E-state index contributed by atoms with van der Waals surface area (Å²) >= 11 is 0. The third-order valence-electron chi connectivity index (χ3n) is 3.41. The van der Waals surface area contributed by atoms with Crippen LogP contribution in [0.2, 0.25) is 0 Å². The van der Waals surface area contributed by atoms with E-state index >= 15 is 0 Å². The molecule has 0 amide bonds.